The van der Waals surface area contributed by atoms with Crippen molar-refractivity contribution in [2.45, 2.75) is 0 Å². The van der Waals surface area contributed by atoms with Gasteiger partial charge in [0.25, 0.3) is 0 Å². The van der Waals surface area contributed by atoms with Crippen LogP contribution in [0.4, 0.5) is 4.39 Å². The second-order valence-corrected chi connectivity index (χ2v) is 3.17. The highest BCUT2D eigenvalue weighted by Crippen LogP contribution is 2.19. The van der Waals surface area contributed by atoms with Gasteiger partial charge in [0, 0.05) is 5.56 Å². The molecule has 15 heavy (non-hydrogen) atoms. The maximum absolute atomic E-state index is 13.4. The van der Waals surface area contributed by atoms with Gasteiger partial charge in [0.1, 0.15) is 5.82 Å². The number of nitrogens with zero attached hydrogens (tertiary/aromatic N) is 2. The van der Waals surface area contributed by atoms with E-state index in [1.165, 1.54) is 24.6 Å². The molecule has 1 aromatic carbocycles. The van der Waals surface area contributed by atoms with E-state index >= 15 is 0 Å². The summed E-state index contributed by atoms with van der Waals surface area (Å²) in [5.41, 5.74) is 0.382. The Morgan fingerprint density at radius 1 is 1.33 bits per heavy atom. The molecule has 0 aliphatic rings. The van der Waals surface area contributed by atoms with Crippen molar-refractivity contribution in [3.63, 3.8) is 0 Å². The normalized spacial score (nSPS) is 11.1. The first-order valence-electron chi connectivity index (χ1n) is 4.16. The Balaban J connectivity index is 2.28. The van der Waals surface area contributed by atoms with Gasteiger partial charge >= 0.3 is 0 Å². The monoisotopic (exact) mass is 224 g/mol. The van der Waals surface area contributed by atoms with E-state index in [9.17, 15) is 4.39 Å². The Hall–Kier alpha value is -1.68. The van der Waals surface area contributed by atoms with Crippen LogP contribution in [0.3, 0.4) is 0 Å². The maximum atomic E-state index is 13.4. The highest BCUT2D eigenvalue weighted by molar-refractivity contribution is 6.30. The minimum absolute atomic E-state index is 0.0882. The summed E-state index contributed by atoms with van der Waals surface area (Å²) >= 11 is 5.62. The lowest BCUT2D eigenvalue weighted by Crippen LogP contribution is -1.82. The third-order valence-electron chi connectivity index (χ3n) is 1.77. The van der Waals surface area contributed by atoms with Crippen molar-refractivity contribution in [3.05, 3.63) is 46.8 Å². The molecule has 1 heterocycles. The number of aromatic nitrogens is 2. The molecule has 5 heteroatoms. The van der Waals surface area contributed by atoms with Crippen molar-refractivity contribution < 1.29 is 8.91 Å². The SMILES string of the molecule is Fc1c(Cl)cccc1/C=C/c1ncon1. The topological polar surface area (TPSA) is 38.9 Å². The van der Waals surface area contributed by atoms with Crippen molar-refractivity contribution in [1.82, 2.24) is 10.1 Å². The van der Waals surface area contributed by atoms with Gasteiger partial charge in [0.15, 0.2) is 5.82 Å². The van der Waals surface area contributed by atoms with Crippen LogP contribution in [0.1, 0.15) is 11.4 Å². The van der Waals surface area contributed by atoms with E-state index in [4.69, 9.17) is 11.6 Å². The Labute approximate surface area is 90.2 Å². The summed E-state index contributed by atoms with van der Waals surface area (Å²) in [6, 6.07) is 4.77. The fourth-order valence-electron chi connectivity index (χ4n) is 1.07. The molecule has 0 unspecified atom stereocenters. The molecular weight excluding hydrogens is 219 g/mol. The summed E-state index contributed by atoms with van der Waals surface area (Å²) in [5.74, 6) is -0.0757. The van der Waals surface area contributed by atoms with Crippen LogP contribution in [0, 0.1) is 5.82 Å². The van der Waals surface area contributed by atoms with Crippen LogP contribution in [0.2, 0.25) is 5.02 Å². The van der Waals surface area contributed by atoms with Crippen molar-refractivity contribution in [3.8, 4) is 0 Å². The molecule has 0 atom stereocenters. The molecule has 0 saturated heterocycles. The minimum Gasteiger partial charge on any atom is -0.342 e. The molecule has 0 bridgehead atoms. The molecule has 0 fully saturated rings. The largest absolute Gasteiger partial charge is 0.342 e. The second kappa shape index (κ2) is 4.23. The Bertz CT molecular complexity index is 482. The van der Waals surface area contributed by atoms with E-state index in [2.05, 4.69) is 14.7 Å². The van der Waals surface area contributed by atoms with E-state index in [1.54, 1.807) is 12.1 Å². The molecule has 2 aromatic rings. The number of hydrogen-bond acceptors (Lipinski definition) is 3. The summed E-state index contributed by atoms with van der Waals surface area (Å²) in [7, 11) is 0. The van der Waals surface area contributed by atoms with Gasteiger partial charge in [-0.2, -0.15) is 4.98 Å². The number of benzene rings is 1. The van der Waals surface area contributed by atoms with Crippen LogP contribution in [-0.4, -0.2) is 10.1 Å². The van der Waals surface area contributed by atoms with Crippen LogP contribution >= 0.6 is 11.6 Å². The summed E-state index contributed by atoms with van der Waals surface area (Å²) in [6.45, 7) is 0. The van der Waals surface area contributed by atoms with Gasteiger partial charge in [-0.3, -0.25) is 0 Å². The fraction of sp³-hybridized carbons (Fsp3) is 0. The number of rotatable bonds is 2. The molecule has 2 rings (SSSR count). The average molecular weight is 225 g/mol. The van der Waals surface area contributed by atoms with Crippen molar-refractivity contribution in [1.29, 1.82) is 0 Å². The van der Waals surface area contributed by atoms with Crippen molar-refractivity contribution in [2.24, 2.45) is 0 Å². The lowest BCUT2D eigenvalue weighted by molar-refractivity contribution is 0.415. The van der Waals surface area contributed by atoms with Crippen LogP contribution in [0.15, 0.2) is 29.1 Å². The first-order valence-corrected chi connectivity index (χ1v) is 4.53. The smallest absolute Gasteiger partial charge is 0.214 e. The summed E-state index contributed by atoms with van der Waals surface area (Å²) in [5, 5.41) is 3.64. The quantitative estimate of drug-likeness (QED) is 0.787. The van der Waals surface area contributed by atoms with E-state index in [1.807, 2.05) is 0 Å². The van der Waals surface area contributed by atoms with Crippen LogP contribution < -0.4 is 0 Å². The molecule has 0 radical (unpaired) electrons. The van der Waals surface area contributed by atoms with Crippen molar-refractivity contribution in [2.75, 3.05) is 0 Å². The first kappa shape index (κ1) is 9.86. The zero-order chi connectivity index (χ0) is 10.7. The number of halogens is 2. The van der Waals surface area contributed by atoms with Gasteiger partial charge in [-0.25, -0.2) is 4.39 Å². The molecule has 0 N–H and O–H groups in total. The second-order valence-electron chi connectivity index (χ2n) is 2.77. The zero-order valence-corrected chi connectivity index (χ0v) is 8.28. The molecule has 76 valence electrons. The molecule has 0 aliphatic heterocycles. The van der Waals surface area contributed by atoms with Gasteiger partial charge in [-0.1, -0.05) is 28.9 Å². The van der Waals surface area contributed by atoms with Gasteiger partial charge < -0.3 is 4.52 Å². The summed E-state index contributed by atoms with van der Waals surface area (Å²) in [4.78, 5) is 3.76. The zero-order valence-electron chi connectivity index (χ0n) is 7.52. The fourth-order valence-corrected chi connectivity index (χ4v) is 1.25. The third kappa shape index (κ3) is 2.22. The molecular formula is C10H6ClFN2O. The van der Waals surface area contributed by atoms with E-state index in [0.717, 1.165) is 0 Å². The third-order valence-corrected chi connectivity index (χ3v) is 2.06. The van der Waals surface area contributed by atoms with E-state index in [-0.39, 0.29) is 5.02 Å². The van der Waals surface area contributed by atoms with Gasteiger partial charge in [0.05, 0.1) is 5.02 Å². The maximum Gasteiger partial charge on any atom is 0.214 e. The minimum atomic E-state index is -0.459. The Morgan fingerprint density at radius 2 is 2.20 bits per heavy atom. The van der Waals surface area contributed by atoms with E-state index in [0.29, 0.717) is 11.4 Å². The van der Waals surface area contributed by atoms with E-state index < -0.39 is 5.82 Å². The van der Waals surface area contributed by atoms with Gasteiger partial charge in [0.2, 0.25) is 6.39 Å². The summed E-state index contributed by atoms with van der Waals surface area (Å²) in [6.07, 6.45) is 4.28. The van der Waals surface area contributed by atoms with Gasteiger partial charge in [-0.15, -0.1) is 0 Å². The molecule has 0 saturated carbocycles. The standard InChI is InChI=1S/C10H6ClFN2O/c11-8-3-1-2-7(10(8)12)4-5-9-13-6-15-14-9/h1-6H/b5-4+. The predicted molar refractivity (Wildman–Crippen MR) is 54.6 cm³/mol. The molecule has 3 nitrogen and oxygen atoms in total. The first-order chi connectivity index (χ1) is 7.27. The Morgan fingerprint density at radius 3 is 2.93 bits per heavy atom. The van der Waals surface area contributed by atoms with Crippen LogP contribution in [0.5, 0.6) is 0 Å². The lowest BCUT2D eigenvalue weighted by atomic mass is 10.2. The summed E-state index contributed by atoms with van der Waals surface area (Å²) < 4.78 is 17.9. The molecule has 1 aromatic heterocycles. The Kier molecular flexibility index (Phi) is 2.78. The van der Waals surface area contributed by atoms with Gasteiger partial charge in [-0.05, 0) is 18.2 Å². The number of hydrogen-bond donors (Lipinski definition) is 0. The average Bonchev–Trinajstić information content (AvgIpc) is 2.73. The predicted octanol–water partition coefficient (Wildman–Crippen LogP) is 3.03. The highest BCUT2D eigenvalue weighted by Gasteiger charge is 2.02. The molecule has 0 amide bonds. The van der Waals surface area contributed by atoms with Crippen LogP contribution in [-0.2, 0) is 0 Å². The highest BCUT2D eigenvalue weighted by atomic mass is 35.5. The molecule has 0 aliphatic carbocycles. The molecule has 0 spiro atoms. The van der Waals surface area contributed by atoms with Crippen LogP contribution in [0.25, 0.3) is 12.2 Å². The van der Waals surface area contributed by atoms with Crippen molar-refractivity contribution >= 4 is 23.8 Å². The lowest BCUT2D eigenvalue weighted by Gasteiger charge is -1.97.